The highest BCUT2D eigenvalue weighted by Gasteiger charge is 2.31. The maximum atomic E-state index is 12.5. The smallest absolute Gasteiger partial charge is 0.292 e. The van der Waals surface area contributed by atoms with Crippen molar-refractivity contribution in [2.24, 2.45) is 0 Å². The number of halogens is 1. The van der Waals surface area contributed by atoms with E-state index in [-0.39, 0.29) is 10.8 Å². The van der Waals surface area contributed by atoms with E-state index in [2.05, 4.69) is 5.10 Å². The van der Waals surface area contributed by atoms with Crippen LogP contribution in [-0.4, -0.2) is 42.3 Å². The van der Waals surface area contributed by atoms with Crippen molar-refractivity contribution in [3.63, 3.8) is 0 Å². The van der Waals surface area contributed by atoms with Gasteiger partial charge in [0.2, 0.25) is 0 Å². The summed E-state index contributed by atoms with van der Waals surface area (Å²) in [4.78, 5) is 14.3. The Bertz CT molecular complexity index is 881. The Morgan fingerprint density at radius 2 is 1.96 bits per heavy atom. The van der Waals surface area contributed by atoms with Gasteiger partial charge in [-0.05, 0) is 19.1 Å². The predicted molar refractivity (Wildman–Crippen MR) is 90.3 cm³/mol. The first-order valence-electron chi connectivity index (χ1n) is 7.20. The molecule has 1 aliphatic rings. The van der Waals surface area contributed by atoms with E-state index in [0.29, 0.717) is 24.5 Å². The van der Waals surface area contributed by atoms with Gasteiger partial charge in [-0.3, -0.25) is 4.79 Å². The highest BCUT2D eigenvalue weighted by atomic mass is 35.5. The third-order valence-corrected chi connectivity index (χ3v) is 6.46. The molecular formula is C15H16ClN3O3S. The van der Waals surface area contributed by atoms with Crippen molar-refractivity contribution >= 4 is 27.1 Å². The minimum absolute atomic E-state index is 0.0479. The molecule has 23 heavy (non-hydrogen) atoms. The van der Waals surface area contributed by atoms with Crippen LogP contribution in [0.2, 0.25) is 5.02 Å². The Morgan fingerprint density at radius 3 is 2.61 bits per heavy atom. The molecular weight excluding hydrogens is 338 g/mol. The van der Waals surface area contributed by atoms with Crippen LogP contribution in [0.3, 0.4) is 0 Å². The molecule has 1 unspecified atom stereocenters. The number of rotatable bonds is 2. The summed E-state index contributed by atoms with van der Waals surface area (Å²) in [5.74, 6) is 0.0479. The lowest BCUT2D eigenvalue weighted by molar-refractivity contribution is 0.569. The van der Waals surface area contributed by atoms with Crippen LogP contribution in [0.15, 0.2) is 41.3 Å². The molecule has 1 fully saturated rings. The number of benzene rings is 1. The molecule has 1 saturated heterocycles. The highest BCUT2D eigenvalue weighted by Crippen LogP contribution is 2.25. The molecule has 8 heteroatoms. The molecule has 1 aromatic carbocycles. The molecule has 1 aromatic heterocycles. The van der Waals surface area contributed by atoms with Gasteiger partial charge in [-0.25, -0.2) is 8.42 Å². The molecule has 6 nitrogen and oxygen atoms in total. The number of sulfone groups is 1. The van der Waals surface area contributed by atoms with Crippen molar-refractivity contribution < 1.29 is 8.42 Å². The van der Waals surface area contributed by atoms with Crippen molar-refractivity contribution in [1.82, 2.24) is 9.78 Å². The Labute approximate surface area is 139 Å². The Morgan fingerprint density at radius 1 is 1.26 bits per heavy atom. The van der Waals surface area contributed by atoms with Gasteiger partial charge in [0.25, 0.3) is 5.56 Å². The average molecular weight is 354 g/mol. The SMILES string of the molecule is CC1CN(c2cnn(-c3ccccc3)c(=O)c2Cl)CCS1(=O)=O. The zero-order valence-electron chi connectivity index (χ0n) is 12.5. The molecule has 1 aliphatic heterocycles. The molecule has 0 bridgehead atoms. The molecule has 3 rings (SSSR count). The van der Waals surface area contributed by atoms with Gasteiger partial charge >= 0.3 is 0 Å². The fraction of sp³-hybridized carbons (Fsp3) is 0.333. The summed E-state index contributed by atoms with van der Waals surface area (Å²) >= 11 is 6.24. The van der Waals surface area contributed by atoms with E-state index in [1.165, 1.54) is 10.9 Å². The van der Waals surface area contributed by atoms with Crippen LogP contribution < -0.4 is 10.5 Å². The average Bonchev–Trinajstić information content (AvgIpc) is 2.54. The third kappa shape index (κ3) is 2.98. The zero-order valence-corrected chi connectivity index (χ0v) is 14.1. The summed E-state index contributed by atoms with van der Waals surface area (Å²) in [6.07, 6.45) is 1.52. The molecule has 122 valence electrons. The number of para-hydroxylation sites is 1. The second kappa shape index (κ2) is 5.98. The van der Waals surface area contributed by atoms with Crippen LogP contribution in [0.4, 0.5) is 5.69 Å². The Balaban J connectivity index is 1.97. The minimum atomic E-state index is -3.06. The molecule has 0 spiro atoms. The summed E-state index contributed by atoms with van der Waals surface area (Å²) in [7, 11) is -3.06. The monoisotopic (exact) mass is 353 g/mol. The van der Waals surface area contributed by atoms with E-state index in [0.717, 1.165) is 0 Å². The number of anilines is 1. The topological polar surface area (TPSA) is 72.3 Å². The molecule has 1 atom stereocenters. The lowest BCUT2D eigenvalue weighted by Crippen LogP contribution is -2.46. The van der Waals surface area contributed by atoms with Crippen LogP contribution in [0.5, 0.6) is 0 Å². The van der Waals surface area contributed by atoms with Crippen LogP contribution in [0.25, 0.3) is 5.69 Å². The number of aromatic nitrogens is 2. The first-order valence-corrected chi connectivity index (χ1v) is 9.29. The molecule has 0 aliphatic carbocycles. The summed E-state index contributed by atoms with van der Waals surface area (Å²) in [6.45, 7) is 2.27. The summed E-state index contributed by atoms with van der Waals surface area (Å²) in [5, 5.41) is 3.73. The van der Waals surface area contributed by atoms with Gasteiger partial charge in [-0.2, -0.15) is 9.78 Å². The summed E-state index contributed by atoms with van der Waals surface area (Å²) in [6, 6.07) is 8.99. The summed E-state index contributed by atoms with van der Waals surface area (Å²) in [5.41, 5.74) is 0.683. The first kappa shape index (κ1) is 16.0. The number of nitrogens with zero attached hydrogens (tertiary/aromatic N) is 3. The van der Waals surface area contributed by atoms with Gasteiger partial charge < -0.3 is 4.90 Å². The fourth-order valence-corrected chi connectivity index (χ4v) is 4.10. The van der Waals surface area contributed by atoms with Crippen molar-refractivity contribution in [2.75, 3.05) is 23.7 Å². The Hall–Kier alpha value is -1.86. The molecule has 0 amide bonds. The van der Waals surface area contributed by atoms with Gasteiger partial charge in [-0.1, -0.05) is 29.8 Å². The number of hydrogen-bond donors (Lipinski definition) is 0. The van der Waals surface area contributed by atoms with E-state index >= 15 is 0 Å². The van der Waals surface area contributed by atoms with Crippen molar-refractivity contribution in [3.05, 3.63) is 51.9 Å². The molecule has 0 N–H and O–H groups in total. The maximum absolute atomic E-state index is 12.5. The van der Waals surface area contributed by atoms with Gasteiger partial charge in [0.1, 0.15) is 5.02 Å². The molecule has 0 radical (unpaired) electrons. The quantitative estimate of drug-likeness (QED) is 0.818. The van der Waals surface area contributed by atoms with Crippen LogP contribution in [-0.2, 0) is 9.84 Å². The second-order valence-electron chi connectivity index (χ2n) is 5.52. The van der Waals surface area contributed by atoms with Crippen LogP contribution >= 0.6 is 11.6 Å². The Kier molecular flexibility index (Phi) is 4.16. The van der Waals surface area contributed by atoms with Crippen molar-refractivity contribution in [3.8, 4) is 5.69 Å². The van der Waals surface area contributed by atoms with E-state index in [1.807, 2.05) is 18.2 Å². The van der Waals surface area contributed by atoms with Gasteiger partial charge in [0.15, 0.2) is 9.84 Å². The summed E-state index contributed by atoms with van der Waals surface area (Å²) < 4.78 is 24.8. The zero-order chi connectivity index (χ0) is 16.6. The largest absolute Gasteiger partial charge is 0.367 e. The maximum Gasteiger partial charge on any atom is 0.292 e. The lowest BCUT2D eigenvalue weighted by atomic mass is 10.3. The molecule has 0 saturated carbocycles. The number of hydrogen-bond acceptors (Lipinski definition) is 5. The van der Waals surface area contributed by atoms with Gasteiger partial charge in [-0.15, -0.1) is 0 Å². The van der Waals surface area contributed by atoms with E-state index in [9.17, 15) is 13.2 Å². The van der Waals surface area contributed by atoms with E-state index in [1.54, 1.807) is 24.0 Å². The molecule has 2 heterocycles. The first-order chi connectivity index (χ1) is 10.9. The van der Waals surface area contributed by atoms with Gasteiger partial charge in [0, 0.05) is 13.1 Å². The lowest BCUT2D eigenvalue weighted by Gasteiger charge is -2.32. The standard InChI is InChI=1S/C15H16ClN3O3S/c1-11-10-18(7-8-23(11,21)22)13-9-17-19(15(20)14(13)16)12-5-3-2-4-6-12/h2-6,9,11H,7-8,10H2,1H3. The molecule has 2 aromatic rings. The third-order valence-electron chi connectivity index (χ3n) is 3.98. The minimum Gasteiger partial charge on any atom is -0.367 e. The second-order valence-corrected chi connectivity index (χ2v) is 8.44. The highest BCUT2D eigenvalue weighted by molar-refractivity contribution is 7.92. The van der Waals surface area contributed by atoms with Crippen molar-refractivity contribution in [1.29, 1.82) is 0 Å². The normalized spacial score (nSPS) is 20.4. The van der Waals surface area contributed by atoms with Crippen LogP contribution in [0.1, 0.15) is 6.92 Å². The fourth-order valence-electron chi connectivity index (χ4n) is 2.57. The van der Waals surface area contributed by atoms with Gasteiger partial charge in [0.05, 0.1) is 28.6 Å². The van der Waals surface area contributed by atoms with Crippen LogP contribution in [0, 0.1) is 0 Å². The van der Waals surface area contributed by atoms with Crippen molar-refractivity contribution in [2.45, 2.75) is 12.2 Å². The van der Waals surface area contributed by atoms with E-state index < -0.39 is 20.6 Å². The van der Waals surface area contributed by atoms with E-state index in [4.69, 9.17) is 11.6 Å². The predicted octanol–water partition coefficient (Wildman–Crippen LogP) is 1.51.